The average molecular weight is 373 g/mol. The van der Waals surface area contributed by atoms with Crippen molar-refractivity contribution in [2.24, 2.45) is 4.99 Å². The Morgan fingerprint density at radius 3 is 2.79 bits per heavy atom. The molecule has 0 aliphatic carbocycles. The summed E-state index contributed by atoms with van der Waals surface area (Å²) >= 11 is 0. The number of methoxy groups -OCH3 is 1. The van der Waals surface area contributed by atoms with Crippen molar-refractivity contribution in [3.8, 4) is 5.75 Å². The summed E-state index contributed by atoms with van der Waals surface area (Å²) in [6.45, 7) is 0. The molecule has 0 saturated heterocycles. The molecule has 0 fully saturated rings. The molecule has 0 saturated carbocycles. The van der Waals surface area contributed by atoms with Crippen LogP contribution in [0.2, 0.25) is 0 Å². The number of fused-ring (bicyclic) bond motifs is 1. The minimum absolute atomic E-state index is 0.300. The number of aromatic nitrogens is 2. The van der Waals surface area contributed by atoms with Crippen molar-refractivity contribution in [3.05, 3.63) is 77.7 Å². The molecule has 0 radical (unpaired) electrons. The molecule has 1 aromatic carbocycles. The van der Waals surface area contributed by atoms with Crippen LogP contribution in [-0.2, 0) is 0 Å². The fourth-order valence-electron chi connectivity index (χ4n) is 3.21. The summed E-state index contributed by atoms with van der Waals surface area (Å²) in [6, 6.07) is 13.0. The van der Waals surface area contributed by atoms with Crippen LogP contribution < -0.4 is 10.1 Å². The number of aliphatic imine (C=N–C) groups is 1. The largest absolute Gasteiger partial charge is 0.497 e. The van der Waals surface area contributed by atoms with E-state index in [0.29, 0.717) is 11.4 Å². The van der Waals surface area contributed by atoms with Gasteiger partial charge in [0.15, 0.2) is 6.29 Å². The standard InChI is InChI=1S/C21H19N5O2/c1-26-20(14-5-3-9-22-12-14)24-18-8-7-16(28-2)11-17(18)21(26)25-19-15(13-27)6-4-10-23-19/h3-13,21H,1-2H3,(H,23,25). The van der Waals surface area contributed by atoms with Gasteiger partial charge in [-0.3, -0.25) is 9.78 Å². The van der Waals surface area contributed by atoms with Gasteiger partial charge in [0.25, 0.3) is 0 Å². The van der Waals surface area contributed by atoms with E-state index in [-0.39, 0.29) is 6.17 Å². The molecule has 28 heavy (non-hydrogen) atoms. The number of ether oxygens (including phenoxy) is 1. The zero-order valence-corrected chi connectivity index (χ0v) is 15.5. The first-order valence-corrected chi connectivity index (χ1v) is 8.78. The third kappa shape index (κ3) is 3.18. The minimum atomic E-state index is -0.300. The maximum Gasteiger partial charge on any atom is 0.153 e. The van der Waals surface area contributed by atoms with E-state index in [1.165, 1.54) is 0 Å². The Labute approximate surface area is 162 Å². The first-order valence-electron chi connectivity index (χ1n) is 8.78. The lowest BCUT2D eigenvalue weighted by Gasteiger charge is -2.36. The Bertz CT molecular complexity index is 1040. The third-order valence-corrected chi connectivity index (χ3v) is 4.64. The van der Waals surface area contributed by atoms with Crippen LogP contribution in [0, 0.1) is 0 Å². The van der Waals surface area contributed by atoms with E-state index in [1.807, 2.05) is 42.3 Å². The first-order chi connectivity index (χ1) is 13.7. The van der Waals surface area contributed by atoms with Crippen LogP contribution in [0.15, 0.2) is 66.0 Å². The Hall–Kier alpha value is -3.74. The van der Waals surface area contributed by atoms with E-state index >= 15 is 0 Å². The molecule has 3 aromatic rings. The molecular weight excluding hydrogens is 354 g/mol. The molecule has 0 bridgehead atoms. The zero-order valence-electron chi connectivity index (χ0n) is 15.5. The van der Waals surface area contributed by atoms with Crippen LogP contribution in [0.3, 0.4) is 0 Å². The van der Waals surface area contributed by atoms with E-state index in [0.717, 1.165) is 34.7 Å². The molecule has 1 unspecified atom stereocenters. The highest BCUT2D eigenvalue weighted by Gasteiger charge is 2.29. The second-order valence-corrected chi connectivity index (χ2v) is 6.32. The molecule has 1 atom stereocenters. The summed E-state index contributed by atoms with van der Waals surface area (Å²) in [6.07, 6.45) is 5.65. The first kappa shape index (κ1) is 17.7. The number of hydrogen-bond donors (Lipinski definition) is 1. The fourth-order valence-corrected chi connectivity index (χ4v) is 3.21. The molecule has 0 amide bonds. The number of rotatable bonds is 5. The normalized spacial score (nSPS) is 15.4. The van der Waals surface area contributed by atoms with E-state index in [1.54, 1.807) is 37.8 Å². The molecule has 3 heterocycles. The lowest BCUT2D eigenvalue weighted by atomic mass is 10.0. The van der Waals surface area contributed by atoms with Gasteiger partial charge in [-0.05, 0) is 42.5 Å². The van der Waals surface area contributed by atoms with Gasteiger partial charge in [-0.2, -0.15) is 0 Å². The van der Waals surface area contributed by atoms with Crippen molar-refractivity contribution < 1.29 is 9.53 Å². The predicted molar refractivity (Wildman–Crippen MR) is 107 cm³/mol. The van der Waals surface area contributed by atoms with Gasteiger partial charge in [-0.1, -0.05) is 0 Å². The second kappa shape index (κ2) is 7.48. The van der Waals surface area contributed by atoms with E-state index in [9.17, 15) is 4.79 Å². The molecule has 140 valence electrons. The van der Waals surface area contributed by atoms with Crippen molar-refractivity contribution in [1.29, 1.82) is 0 Å². The monoisotopic (exact) mass is 373 g/mol. The maximum absolute atomic E-state index is 11.4. The number of amidine groups is 1. The average Bonchev–Trinajstić information content (AvgIpc) is 2.76. The summed E-state index contributed by atoms with van der Waals surface area (Å²) in [7, 11) is 3.57. The summed E-state index contributed by atoms with van der Waals surface area (Å²) < 4.78 is 5.39. The number of carbonyl (C=O) groups is 1. The molecule has 1 N–H and O–H groups in total. The van der Waals surface area contributed by atoms with E-state index in [2.05, 4.69) is 15.3 Å². The Morgan fingerprint density at radius 1 is 1.18 bits per heavy atom. The van der Waals surface area contributed by atoms with Crippen LogP contribution in [0.1, 0.15) is 27.7 Å². The maximum atomic E-state index is 11.4. The topological polar surface area (TPSA) is 79.7 Å². The highest BCUT2D eigenvalue weighted by atomic mass is 16.5. The van der Waals surface area contributed by atoms with Crippen molar-refractivity contribution in [1.82, 2.24) is 14.9 Å². The number of anilines is 1. The molecule has 0 spiro atoms. The van der Waals surface area contributed by atoms with Crippen LogP contribution in [0.25, 0.3) is 0 Å². The van der Waals surface area contributed by atoms with Gasteiger partial charge in [0, 0.05) is 36.8 Å². The molecule has 1 aliphatic heterocycles. The third-order valence-electron chi connectivity index (χ3n) is 4.64. The van der Waals surface area contributed by atoms with Crippen molar-refractivity contribution in [2.75, 3.05) is 19.5 Å². The quantitative estimate of drug-likeness (QED) is 0.690. The molecular formula is C21H19N5O2. The molecule has 4 rings (SSSR count). The van der Waals surface area contributed by atoms with Crippen LogP contribution in [0.4, 0.5) is 11.5 Å². The summed E-state index contributed by atoms with van der Waals surface area (Å²) in [5.74, 6) is 2.01. The van der Waals surface area contributed by atoms with Gasteiger partial charge in [-0.25, -0.2) is 9.98 Å². The van der Waals surface area contributed by atoms with Crippen molar-refractivity contribution >= 4 is 23.6 Å². The van der Waals surface area contributed by atoms with Gasteiger partial charge < -0.3 is 15.0 Å². The van der Waals surface area contributed by atoms with E-state index < -0.39 is 0 Å². The summed E-state index contributed by atoms with van der Waals surface area (Å²) in [5, 5.41) is 3.38. The number of benzene rings is 1. The minimum Gasteiger partial charge on any atom is -0.497 e. The molecule has 1 aliphatic rings. The Kier molecular flexibility index (Phi) is 4.72. The lowest BCUT2D eigenvalue weighted by molar-refractivity contribution is 0.112. The lowest BCUT2D eigenvalue weighted by Crippen LogP contribution is -2.38. The highest BCUT2D eigenvalue weighted by Crippen LogP contribution is 2.38. The van der Waals surface area contributed by atoms with Gasteiger partial charge in [-0.15, -0.1) is 0 Å². The number of hydrogen-bond acceptors (Lipinski definition) is 7. The fraction of sp³-hybridized carbons (Fsp3) is 0.143. The number of nitrogens with zero attached hydrogens (tertiary/aromatic N) is 4. The van der Waals surface area contributed by atoms with Crippen molar-refractivity contribution in [3.63, 3.8) is 0 Å². The molecule has 7 nitrogen and oxygen atoms in total. The smallest absolute Gasteiger partial charge is 0.153 e. The van der Waals surface area contributed by atoms with Gasteiger partial charge in [0.2, 0.25) is 0 Å². The number of aldehydes is 1. The van der Waals surface area contributed by atoms with Crippen LogP contribution in [-0.4, -0.2) is 41.1 Å². The van der Waals surface area contributed by atoms with Crippen molar-refractivity contribution in [2.45, 2.75) is 6.17 Å². The SMILES string of the molecule is COc1ccc2c(c1)C(Nc1ncccc1C=O)N(C)C(c1cccnc1)=N2. The predicted octanol–water partition coefficient (Wildman–Crippen LogP) is 3.43. The summed E-state index contributed by atoms with van der Waals surface area (Å²) in [5.41, 5.74) is 3.14. The second-order valence-electron chi connectivity index (χ2n) is 6.32. The van der Waals surface area contributed by atoms with E-state index in [4.69, 9.17) is 9.73 Å². The van der Waals surface area contributed by atoms with Crippen LogP contribution >= 0.6 is 0 Å². The van der Waals surface area contributed by atoms with Gasteiger partial charge in [0.05, 0.1) is 18.4 Å². The number of pyridine rings is 2. The Morgan fingerprint density at radius 2 is 2.04 bits per heavy atom. The molecule has 2 aromatic heterocycles. The van der Waals surface area contributed by atoms with Gasteiger partial charge >= 0.3 is 0 Å². The van der Waals surface area contributed by atoms with Gasteiger partial charge in [0.1, 0.15) is 23.6 Å². The molecule has 7 heteroatoms. The summed E-state index contributed by atoms with van der Waals surface area (Å²) in [4.78, 5) is 26.8. The number of nitrogens with one attached hydrogen (secondary N) is 1. The Balaban J connectivity index is 1.83. The van der Waals surface area contributed by atoms with Crippen LogP contribution in [0.5, 0.6) is 5.75 Å². The number of carbonyl (C=O) groups excluding carboxylic acids is 1. The highest BCUT2D eigenvalue weighted by molar-refractivity contribution is 6.01. The zero-order chi connectivity index (χ0) is 19.5.